The number of piperidine rings is 2. The fraction of sp³-hybridized carbons (Fsp3) is 0.452. The molecule has 212 valence electrons. The summed E-state index contributed by atoms with van der Waals surface area (Å²) in [7, 11) is 0. The summed E-state index contributed by atoms with van der Waals surface area (Å²) in [6.07, 6.45) is 6.61. The van der Waals surface area contributed by atoms with E-state index in [-0.39, 0.29) is 5.82 Å². The molecule has 10 heteroatoms. The van der Waals surface area contributed by atoms with Gasteiger partial charge >= 0.3 is 0 Å². The van der Waals surface area contributed by atoms with Gasteiger partial charge in [-0.15, -0.1) is 5.10 Å². The molecule has 2 fully saturated rings. The predicted octanol–water partition coefficient (Wildman–Crippen LogP) is 5.90. The molecule has 6 rings (SSSR count). The zero-order valence-electron chi connectivity index (χ0n) is 23.5. The van der Waals surface area contributed by atoms with Crippen LogP contribution in [0.25, 0.3) is 16.9 Å². The second-order valence-electron chi connectivity index (χ2n) is 11.5. The summed E-state index contributed by atoms with van der Waals surface area (Å²) in [6, 6.07) is 12.8. The third-order valence-electron chi connectivity index (χ3n) is 8.41. The van der Waals surface area contributed by atoms with Crippen LogP contribution in [0.5, 0.6) is 0 Å². The van der Waals surface area contributed by atoms with Gasteiger partial charge in [0.1, 0.15) is 11.9 Å². The van der Waals surface area contributed by atoms with Crippen LogP contribution in [0.2, 0.25) is 5.02 Å². The summed E-state index contributed by atoms with van der Waals surface area (Å²) >= 11 is 6.49. The molecule has 41 heavy (non-hydrogen) atoms. The van der Waals surface area contributed by atoms with Gasteiger partial charge in [-0.2, -0.15) is 9.78 Å². The monoisotopic (exact) mass is 572 g/mol. The highest BCUT2D eigenvalue weighted by molar-refractivity contribution is 6.33. The van der Waals surface area contributed by atoms with Crippen LogP contribution in [0.1, 0.15) is 62.5 Å². The molecule has 0 N–H and O–H groups in total. The summed E-state index contributed by atoms with van der Waals surface area (Å²) in [4.78, 5) is 19.4. The molecule has 5 heterocycles. The second-order valence-corrected chi connectivity index (χ2v) is 11.9. The van der Waals surface area contributed by atoms with Crippen molar-refractivity contribution in [1.29, 1.82) is 5.26 Å². The summed E-state index contributed by atoms with van der Waals surface area (Å²) < 4.78 is 15.8. The van der Waals surface area contributed by atoms with Gasteiger partial charge in [-0.3, -0.25) is 4.98 Å². The lowest BCUT2D eigenvalue weighted by Crippen LogP contribution is -2.38. The third kappa shape index (κ3) is 5.90. The molecule has 2 aliphatic rings. The Hall–Kier alpha value is -3.61. The Labute approximate surface area is 244 Å². The number of aromatic nitrogens is 5. The molecule has 3 aromatic heterocycles. The minimum Gasteiger partial charge on any atom is -0.340 e. The van der Waals surface area contributed by atoms with Crippen molar-refractivity contribution in [2.75, 3.05) is 31.1 Å². The van der Waals surface area contributed by atoms with Crippen LogP contribution in [-0.2, 0) is 6.42 Å². The maximum Gasteiger partial charge on any atom is 0.229 e. The van der Waals surface area contributed by atoms with Crippen molar-refractivity contribution in [2.45, 2.75) is 57.9 Å². The zero-order chi connectivity index (χ0) is 28.5. The standard InChI is InChI=1S/C31H34ClFN8/c1-20(2)39-12-9-23(10-13-39)30-37-29-16-28(26-8-6-24(33)15-27(26)32)36-31(41(29)38-30)40-11-3-4-21(19-40)14-25-7-5-22(17-34)18-35-25/h5-8,15-16,18,20-21,23H,3-4,9-14,19H2,1-2H3. The molecule has 0 saturated carbocycles. The molecule has 1 unspecified atom stereocenters. The average molecular weight is 573 g/mol. The summed E-state index contributed by atoms with van der Waals surface area (Å²) in [5.41, 5.74) is 3.60. The molecule has 0 spiro atoms. The average Bonchev–Trinajstić information content (AvgIpc) is 3.42. The molecule has 0 radical (unpaired) electrons. The summed E-state index contributed by atoms with van der Waals surface area (Å²) in [5.74, 6) is 1.88. The third-order valence-corrected chi connectivity index (χ3v) is 8.72. The van der Waals surface area contributed by atoms with Crippen molar-refractivity contribution in [3.05, 3.63) is 70.5 Å². The maximum absolute atomic E-state index is 13.9. The van der Waals surface area contributed by atoms with E-state index in [1.807, 2.05) is 22.7 Å². The minimum absolute atomic E-state index is 0.298. The van der Waals surface area contributed by atoms with Gasteiger partial charge in [-0.05, 0) is 95.3 Å². The van der Waals surface area contributed by atoms with Gasteiger partial charge in [0.15, 0.2) is 11.5 Å². The first-order valence-electron chi connectivity index (χ1n) is 14.4. The Morgan fingerprint density at radius 2 is 1.90 bits per heavy atom. The van der Waals surface area contributed by atoms with Crippen molar-refractivity contribution in [3.8, 4) is 17.3 Å². The molecule has 0 aliphatic carbocycles. The van der Waals surface area contributed by atoms with Crippen LogP contribution in [0.15, 0.2) is 42.6 Å². The fourth-order valence-electron chi connectivity index (χ4n) is 6.10. The van der Waals surface area contributed by atoms with Gasteiger partial charge < -0.3 is 9.80 Å². The number of rotatable bonds is 6. The van der Waals surface area contributed by atoms with Gasteiger partial charge in [0, 0.05) is 48.6 Å². The molecule has 2 aliphatic heterocycles. The number of nitrogens with zero attached hydrogens (tertiary/aromatic N) is 8. The van der Waals surface area contributed by atoms with Crippen LogP contribution in [-0.4, -0.2) is 61.7 Å². The van der Waals surface area contributed by atoms with Crippen molar-refractivity contribution >= 4 is 23.2 Å². The number of benzene rings is 1. The summed E-state index contributed by atoms with van der Waals surface area (Å²) in [5, 5.41) is 14.4. The Morgan fingerprint density at radius 3 is 2.61 bits per heavy atom. The van der Waals surface area contributed by atoms with E-state index in [4.69, 9.17) is 31.9 Å². The van der Waals surface area contributed by atoms with Crippen molar-refractivity contribution < 1.29 is 4.39 Å². The molecule has 1 aromatic carbocycles. The van der Waals surface area contributed by atoms with Crippen molar-refractivity contribution in [3.63, 3.8) is 0 Å². The van der Waals surface area contributed by atoms with E-state index in [1.54, 1.807) is 12.3 Å². The highest BCUT2D eigenvalue weighted by Gasteiger charge is 2.28. The Morgan fingerprint density at radius 1 is 1.07 bits per heavy atom. The number of anilines is 1. The smallest absolute Gasteiger partial charge is 0.229 e. The van der Waals surface area contributed by atoms with Crippen LogP contribution >= 0.6 is 11.6 Å². The first-order valence-corrected chi connectivity index (χ1v) is 14.8. The Bertz CT molecular complexity index is 1570. The van der Waals surface area contributed by atoms with E-state index in [0.29, 0.717) is 39.7 Å². The maximum atomic E-state index is 13.9. The lowest BCUT2D eigenvalue weighted by Gasteiger charge is -2.34. The van der Waals surface area contributed by atoms with E-state index < -0.39 is 0 Å². The van der Waals surface area contributed by atoms with Crippen LogP contribution in [0.4, 0.5) is 10.3 Å². The van der Waals surface area contributed by atoms with E-state index in [9.17, 15) is 4.39 Å². The van der Waals surface area contributed by atoms with Crippen LogP contribution in [0.3, 0.4) is 0 Å². The fourth-order valence-corrected chi connectivity index (χ4v) is 6.36. The minimum atomic E-state index is -0.382. The number of hydrogen-bond donors (Lipinski definition) is 0. The number of likely N-dealkylation sites (tertiary alicyclic amines) is 1. The van der Waals surface area contributed by atoms with E-state index in [0.717, 1.165) is 81.4 Å². The normalized spacial score (nSPS) is 18.7. The number of nitriles is 1. The number of hydrogen-bond acceptors (Lipinski definition) is 7. The molecule has 0 amide bonds. The number of pyridine rings is 1. The molecular weight excluding hydrogens is 539 g/mol. The van der Waals surface area contributed by atoms with Gasteiger partial charge in [-0.1, -0.05) is 11.6 Å². The largest absolute Gasteiger partial charge is 0.340 e. The quantitative estimate of drug-likeness (QED) is 0.284. The second kappa shape index (κ2) is 11.7. The molecule has 8 nitrogen and oxygen atoms in total. The first-order chi connectivity index (χ1) is 19.9. The zero-order valence-corrected chi connectivity index (χ0v) is 24.2. The predicted molar refractivity (Wildman–Crippen MR) is 157 cm³/mol. The van der Waals surface area contributed by atoms with E-state index in [1.165, 1.54) is 12.1 Å². The van der Waals surface area contributed by atoms with Crippen LogP contribution in [0, 0.1) is 23.1 Å². The van der Waals surface area contributed by atoms with Crippen molar-refractivity contribution in [1.82, 2.24) is 29.5 Å². The SMILES string of the molecule is CC(C)N1CCC(c2nc3cc(-c4ccc(F)cc4Cl)nc(N4CCCC(Cc5ccc(C#N)cn5)C4)n3n2)CC1. The lowest BCUT2D eigenvalue weighted by molar-refractivity contribution is 0.169. The van der Waals surface area contributed by atoms with Gasteiger partial charge in [-0.25, -0.2) is 14.4 Å². The highest BCUT2D eigenvalue weighted by Crippen LogP contribution is 2.33. The Balaban J connectivity index is 1.34. The van der Waals surface area contributed by atoms with Gasteiger partial charge in [0.05, 0.1) is 16.3 Å². The number of fused-ring (bicyclic) bond motifs is 1. The van der Waals surface area contributed by atoms with Crippen molar-refractivity contribution in [2.24, 2.45) is 5.92 Å². The molecule has 4 aromatic rings. The molecule has 2 saturated heterocycles. The van der Waals surface area contributed by atoms with E-state index in [2.05, 4.69) is 34.7 Å². The summed E-state index contributed by atoms with van der Waals surface area (Å²) in [6.45, 7) is 8.21. The molecule has 0 bridgehead atoms. The number of halogens is 2. The van der Waals surface area contributed by atoms with E-state index >= 15 is 0 Å². The topological polar surface area (TPSA) is 86.2 Å². The highest BCUT2D eigenvalue weighted by atomic mass is 35.5. The first kappa shape index (κ1) is 27.6. The molecular formula is C31H34ClFN8. The lowest BCUT2D eigenvalue weighted by atomic mass is 9.93. The van der Waals surface area contributed by atoms with Crippen LogP contribution < -0.4 is 4.90 Å². The molecule has 1 atom stereocenters. The Kier molecular flexibility index (Phi) is 7.87. The van der Waals surface area contributed by atoms with Gasteiger partial charge in [0.25, 0.3) is 0 Å². The van der Waals surface area contributed by atoms with Gasteiger partial charge in [0.2, 0.25) is 5.95 Å².